The number of aromatic nitrogens is 3. The van der Waals surface area contributed by atoms with Crippen LogP contribution in [0.2, 0.25) is 0 Å². The summed E-state index contributed by atoms with van der Waals surface area (Å²) in [7, 11) is 4.30. The molecule has 2 aliphatic rings. The van der Waals surface area contributed by atoms with Gasteiger partial charge in [0.2, 0.25) is 0 Å². The van der Waals surface area contributed by atoms with Crippen LogP contribution >= 0.6 is 0 Å². The number of anilines is 1. The Morgan fingerprint density at radius 3 is 2.62 bits per heavy atom. The number of hydrogen-bond acceptors (Lipinski definition) is 6. The monoisotopic (exact) mass is 563 g/mol. The lowest BCUT2D eigenvalue weighted by Crippen LogP contribution is -2.32. The number of fused-ring (bicyclic) bond motifs is 5. The number of carbonyl (C=O) groups is 1. The Balaban J connectivity index is 1.40. The molecule has 2 aliphatic heterocycles. The summed E-state index contributed by atoms with van der Waals surface area (Å²) in [6, 6.07) is 19.2. The standard InChI is InChI=1S/C33H37N7O2/c1-33(2,3)42-32(41)36-18-28-17-35-31-30-15-24(23-8-6-22(16-34)7-9-23)19-39(30)20-25-14-26(10-11-29(25)40(28)31)38-13-12-27(21-38)37(4)5/h6-11,14-15,17,19,27H,12-13,18,20-21H2,1-5H3,(H,36,41)/t27-/m1/s1. The fourth-order valence-electron chi connectivity index (χ4n) is 5.86. The van der Waals surface area contributed by atoms with Gasteiger partial charge in [-0.1, -0.05) is 12.1 Å². The number of hydrogen-bond donors (Lipinski definition) is 1. The van der Waals surface area contributed by atoms with Gasteiger partial charge in [-0.25, -0.2) is 9.78 Å². The molecule has 4 aromatic rings. The summed E-state index contributed by atoms with van der Waals surface area (Å²) >= 11 is 0. The van der Waals surface area contributed by atoms with E-state index in [-0.39, 0.29) is 6.54 Å². The summed E-state index contributed by atoms with van der Waals surface area (Å²) in [6.45, 7) is 8.56. The molecule has 2 aromatic heterocycles. The SMILES string of the molecule is CN(C)[C@@H]1CCN(c2ccc3c(c2)Cn2cc(-c4ccc(C#N)cc4)cc2-c2ncc(CNC(=O)OC(C)(C)C)n2-3)C1. The van der Waals surface area contributed by atoms with E-state index < -0.39 is 11.7 Å². The molecule has 1 atom stereocenters. The number of nitrogens with one attached hydrogen (secondary N) is 1. The Bertz CT molecular complexity index is 1670. The molecule has 216 valence electrons. The van der Waals surface area contributed by atoms with Gasteiger partial charge in [0, 0.05) is 43.1 Å². The van der Waals surface area contributed by atoms with Crippen LogP contribution in [0.25, 0.3) is 28.3 Å². The van der Waals surface area contributed by atoms with E-state index in [1.165, 1.54) is 11.3 Å². The second kappa shape index (κ2) is 10.7. The molecule has 1 amide bonds. The highest BCUT2D eigenvalue weighted by Crippen LogP contribution is 2.37. The van der Waals surface area contributed by atoms with Crippen LogP contribution in [-0.4, -0.2) is 63.9 Å². The van der Waals surface area contributed by atoms with Crippen molar-refractivity contribution >= 4 is 11.8 Å². The van der Waals surface area contributed by atoms with Crippen molar-refractivity contribution in [1.82, 2.24) is 24.3 Å². The van der Waals surface area contributed by atoms with E-state index in [9.17, 15) is 10.1 Å². The minimum Gasteiger partial charge on any atom is -0.444 e. The van der Waals surface area contributed by atoms with Crippen molar-refractivity contribution in [2.24, 2.45) is 0 Å². The zero-order valence-electron chi connectivity index (χ0n) is 24.9. The Morgan fingerprint density at radius 2 is 1.93 bits per heavy atom. The van der Waals surface area contributed by atoms with E-state index in [4.69, 9.17) is 9.72 Å². The van der Waals surface area contributed by atoms with Gasteiger partial charge in [0.25, 0.3) is 0 Å². The Kier molecular flexibility index (Phi) is 7.03. The first-order valence-electron chi connectivity index (χ1n) is 14.4. The van der Waals surface area contributed by atoms with E-state index in [0.29, 0.717) is 18.2 Å². The van der Waals surface area contributed by atoms with Crippen molar-refractivity contribution < 1.29 is 9.53 Å². The number of rotatable bonds is 5. The fraction of sp³-hybridized carbons (Fsp3) is 0.364. The second-order valence-corrected chi connectivity index (χ2v) is 12.4. The maximum Gasteiger partial charge on any atom is 0.407 e. The second-order valence-electron chi connectivity index (χ2n) is 12.4. The summed E-state index contributed by atoms with van der Waals surface area (Å²) in [5, 5.41) is 12.2. The molecule has 0 radical (unpaired) electrons. The van der Waals surface area contributed by atoms with E-state index in [0.717, 1.165) is 53.5 Å². The minimum absolute atomic E-state index is 0.281. The van der Waals surface area contributed by atoms with Gasteiger partial charge in [0.1, 0.15) is 5.60 Å². The van der Waals surface area contributed by atoms with Gasteiger partial charge in [-0.2, -0.15) is 5.26 Å². The molecule has 1 N–H and O–H groups in total. The first-order valence-corrected chi connectivity index (χ1v) is 14.4. The van der Waals surface area contributed by atoms with Crippen LogP contribution in [0.3, 0.4) is 0 Å². The first-order chi connectivity index (χ1) is 20.1. The summed E-state index contributed by atoms with van der Waals surface area (Å²) in [4.78, 5) is 22.1. The third kappa shape index (κ3) is 5.38. The summed E-state index contributed by atoms with van der Waals surface area (Å²) < 4.78 is 9.89. The molecule has 1 saturated heterocycles. The van der Waals surface area contributed by atoms with Gasteiger partial charge >= 0.3 is 6.09 Å². The van der Waals surface area contributed by atoms with E-state index in [2.05, 4.69) is 74.9 Å². The summed E-state index contributed by atoms with van der Waals surface area (Å²) in [6.07, 6.45) is 4.68. The maximum absolute atomic E-state index is 12.5. The van der Waals surface area contributed by atoms with Crippen LogP contribution in [0.4, 0.5) is 10.5 Å². The number of benzene rings is 2. The average molecular weight is 564 g/mol. The zero-order chi connectivity index (χ0) is 29.6. The van der Waals surface area contributed by atoms with Crippen molar-refractivity contribution in [3.05, 3.63) is 77.7 Å². The lowest BCUT2D eigenvalue weighted by atomic mass is 10.1. The number of imidazole rings is 1. The molecule has 2 aromatic carbocycles. The highest BCUT2D eigenvalue weighted by atomic mass is 16.6. The van der Waals surface area contributed by atoms with Crippen LogP contribution in [0.5, 0.6) is 0 Å². The van der Waals surface area contributed by atoms with Gasteiger partial charge in [-0.05, 0) is 88.8 Å². The summed E-state index contributed by atoms with van der Waals surface area (Å²) in [5.74, 6) is 0.816. The van der Waals surface area contributed by atoms with Crippen LogP contribution < -0.4 is 10.2 Å². The van der Waals surface area contributed by atoms with Gasteiger partial charge in [0.05, 0.1) is 41.4 Å². The van der Waals surface area contributed by atoms with Gasteiger partial charge in [-0.15, -0.1) is 0 Å². The molecule has 9 nitrogen and oxygen atoms in total. The van der Waals surface area contributed by atoms with Crippen LogP contribution in [0.1, 0.15) is 44.0 Å². The summed E-state index contributed by atoms with van der Waals surface area (Å²) in [5.41, 5.74) is 7.47. The van der Waals surface area contributed by atoms with Crippen molar-refractivity contribution in [3.8, 4) is 34.4 Å². The predicted molar refractivity (Wildman–Crippen MR) is 164 cm³/mol. The van der Waals surface area contributed by atoms with Crippen molar-refractivity contribution in [2.75, 3.05) is 32.1 Å². The normalized spacial score (nSPS) is 15.9. The number of nitrogens with zero attached hydrogens (tertiary/aromatic N) is 6. The number of nitriles is 1. The highest BCUT2D eigenvalue weighted by Gasteiger charge is 2.28. The Labute approximate surface area is 246 Å². The molecule has 0 bridgehead atoms. The molecule has 42 heavy (non-hydrogen) atoms. The Morgan fingerprint density at radius 1 is 1.14 bits per heavy atom. The number of likely N-dealkylation sites (N-methyl/N-ethyl adjacent to an activating group) is 1. The zero-order valence-corrected chi connectivity index (χ0v) is 24.9. The molecule has 0 unspecified atom stereocenters. The number of alkyl carbamates (subject to hydrolysis) is 1. The number of amides is 1. The molecule has 9 heteroatoms. The maximum atomic E-state index is 12.5. The van der Waals surface area contributed by atoms with E-state index in [1.807, 2.05) is 51.2 Å². The highest BCUT2D eigenvalue weighted by molar-refractivity contribution is 5.73. The fourth-order valence-corrected chi connectivity index (χ4v) is 5.86. The van der Waals surface area contributed by atoms with Crippen LogP contribution in [-0.2, 0) is 17.8 Å². The van der Waals surface area contributed by atoms with E-state index >= 15 is 0 Å². The molecular weight excluding hydrogens is 526 g/mol. The minimum atomic E-state index is -0.578. The van der Waals surface area contributed by atoms with Crippen LogP contribution in [0.15, 0.2) is 60.9 Å². The average Bonchev–Trinajstić information content (AvgIpc) is 3.68. The topological polar surface area (TPSA) is 91.3 Å². The van der Waals surface area contributed by atoms with Crippen LogP contribution in [0, 0.1) is 11.3 Å². The van der Waals surface area contributed by atoms with Crippen molar-refractivity contribution in [1.29, 1.82) is 5.26 Å². The first kappa shape index (κ1) is 27.6. The molecule has 0 saturated carbocycles. The lowest BCUT2D eigenvalue weighted by Gasteiger charge is -2.23. The van der Waals surface area contributed by atoms with Gasteiger partial charge < -0.3 is 24.4 Å². The quantitative estimate of drug-likeness (QED) is 0.308. The number of ether oxygens (including phenoxy) is 1. The molecule has 4 heterocycles. The molecule has 0 aliphatic carbocycles. The van der Waals surface area contributed by atoms with Crippen molar-refractivity contribution in [2.45, 2.75) is 51.9 Å². The third-order valence-electron chi connectivity index (χ3n) is 8.02. The largest absolute Gasteiger partial charge is 0.444 e. The molecule has 1 fully saturated rings. The smallest absolute Gasteiger partial charge is 0.407 e. The lowest BCUT2D eigenvalue weighted by molar-refractivity contribution is 0.0522. The predicted octanol–water partition coefficient (Wildman–Crippen LogP) is 5.41. The Hall–Kier alpha value is -4.55. The molecule has 0 spiro atoms. The van der Waals surface area contributed by atoms with E-state index in [1.54, 1.807) is 0 Å². The van der Waals surface area contributed by atoms with Gasteiger partial charge in [-0.3, -0.25) is 4.57 Å². The molecule has 6 rings (SSSR count). The number of carbonyl (C=O) groups excluding carboxylic acids is 1. The van der Waals surface area contributed by atoms with Gasteiger partial charge in [0.15, 0.2) is 5.82 Å². The van der Waals surface area contributed by atoms with Crippen molar-refractivity contribution in [3.63, 3.8) is 0 Å². The third-order valence-corrected chi connectivity index (χ3v) is 8.02. The molecular formula is C33H37N7O2.